The van der Waals surface area contributed by atoms with Crippen molar-refractivity contribution >= 4 is 6.29 Å². The van der Waals surface area contributed by atoms with Crippen LogP contribution in [0.15, 0.2) is 6.07 Å². The van der Waals surface area contributed by atoms with Crippen LogP contribution < -0.4 is 9.47 Å². The molecule has 0 aliphatic rings. The van der Waals surface area contributed by atoms with Crippen LogP contribution in [0.25, 0.3) is 0 Å². The fourth-order valence-electron chi connectivity index (χ4n) is 1.94. The van der Waals surface area contributed by atoms with E-state index in [1.807, 2.05) is 0 Å². The van der Waals surface area contributed by atoms with Gasteiger partial charge in [-0.3, -0.25) is 4.79 Å². The maximum Gasteiger partial charge on any atom is 0.188 e. The van der Waals surface area contributed by atoms with E-state index < -0.39 is 11.2 Å². The Morgan fingerprint density at radius 3 is 2.00 bits per heavy atom. The molecule has 7 heteroatoms. The number of aliphatic hydroxyl groups is 2. The third-order valence-corrected chi connectivity index (χ3v) is 3.05. The summed E-state index contributed by atoms with van der Waals surface area (Å²) in [5, 5.41) is 19.8. The highest BCUT2D eigenvalue weighted by atomic mass is 16.7. The van der Waals surface area contributed by atoms with Crippen molar-refractivity contribution in [1.82, 2.24) is 0 Å². The van der Waals surface area contributed by atoms with Crippen LogP contribution in [0.2, 0.25) is 0 Å². The van der Waals surface area contributed by atoms with Crippen molar-refractivity contribution in [3.8, 4) is 35.2 Å². The number of rotatable bonds is 7. The van der Waals surface area contributed by atoms with E-state index in [-0.39, 0.29) is 36.2 Å². The van der Waals surface area contributed by atoms with E-state index in [9.17, 15) is 15.0 Å². The molecule has 0 saturated heterocycles. The van der Waals surface area contributed by atoms with Crippen LogP contribution in [-0.4, -0.2) is 55.5 Å². The second-order valence-corrected chi connectivity index (χ2v) is 6.88. The molecule has 0 atom stereocenters. The first-order chi connectivity index (χ1) is 13.0. The molecule has 0 saturated carbocycles. The van der Waals surface area contributed by atoms with Gasteiger partial charge in [0.2, 0.25) is 0 Å². The van der Waals surface area contributed by atoms with Gasteiger partial charge in [-0.15, -0.1) is 0 Å². The SMILES string of the molecule is COCOc1cc(C#CC(C)(C)O)c(OCOC)c(C=O)c1C#CC(C)(C)O. The Hall–Kier alpha value is -2.55. The van der Waals surface area contributed by atoms with Crippen LogP contribution in [0.3, 0.4) is 0 Å². The van der Waals surface area contributed by atoms with Crippen molar-refractivity contribution in [1.29, 1.82) is 0 Å². The molecule has 1 aromatic rings. The first-order valence-corrected chi connectivity index (χ1v) is 8.43. The molecule has 0 unspecified atom stereocenters. The quantitative estimate of drug-likeness (QED) is 0.416. The van der Waals surface area contributed by atoms with Crippen LogP contribution >= 0.6 is 0 Å². The Bertz CT molecular complexity index is 806. The van der Waals surface area contributed by atoms with Gasteiger partial charge in [-0.25, -0.2) is 0 Å². The molecule has 0 radical (unpaired) electrons. The summed E-state index contributed by atoms with van der Waals surface area (Å²) in [4.78, 5) is 11.9. The lowest BCUT2D eigenvalue weighted by Crippen LogP contribution is -2.15. The van der Waals surface area contributed by atoms with Gasteiger partial charge in [-0.05, 0) is 27.7 Å². The number of ether oxygens (including phenoxy) is 4. The molecule has 0 aromatic heterocycles. The van der Waals surface area contributed by atoms with E-state index in [4.69, 9.17) is 18.9 Å². The number of benzene rings is 1. The lowest BCUT2D eigenvalue weighted by atomic mass is 10.00. The van der Waals surface area contributed by atoms with E-state index in [1.165, 1.54) is 48.0 Å². The van der Waals surface area contributed by atoms with Gasteiger partial charge in [-0.2, -0.15) is 0 Å². The number of hydrogen-bond donors (Lipinski definition) is 2. The molecule has 0 aliphatic heterocycles. The Morgan fingerprint density at radius 1 is 0.964 bits per heavy atom. The van der Waals surface area contributed by atoms with Gasteiger partial charge in [0, 0.05) is 20.3 Å². The van der Waals surface area contributed by atoms with Crippen molar-refractivity contribution in [2.24, 2.45) is 0 Å². The van der Waals surface area contributed by atoms with Crippen LogP contribution in [-0.2, 0) is 9.47 Å². The normalized spacial score (nSPS) is 11.0. The molecule has 0 amide bonds. The Kier molecular flexibility index (Phi) is 8.49. The summed E-state index contributed by atoms with van der Waals surface area (Å²) < 4.78 is 21.0. The van der Waals surface area contributed by atoms with E-state index in [2.05, 4.69) is 23.7 Å². The molecule has 1 aromatic carbocycles. The molecule has 152 valence electrons. The fraction of sp³-hybridized carbons (Fsp3) is 0.476. The third kappa shape index (κ3) is 7.59. The molecular formula is C21H26O7. The van der Waals surface area contributed by atoms with Crippen molar-refractivity contribution in [3.05, 3.63) is 22.8 Å². The standard InChI is InChI=1S/C21H26O7/c1-20(2,23)9-7-15-11-18(27-13-25-5)16(8-10-21(3,4)24)17(12-22)19(15)28-14-26-6/h11-12,23-24H,13-14H2,1-6H3. The summed E-state index contributed by atoms with van der Waals surface area (Å²) in [7, 11) is 2.89. The summed E-state index contributed by atoms with van der Waals surface area (Å²) >= 11 is 0. The first-order valence-electron chi connectivity index (χ1n) is 8.43. The van der Waals surface area contributed by atoms with Gasteiger partial charge >= 0.3 is 0 Å². The number of carbonyl (C=O) groups is 1. The molecule has 0 heterocycles. The largest absolute Gasteiger partial charge is 0.466 e. The number of hydrogen-bond acceptors (Lipinski definition) is 7. The average Bonchev–Trinajstić information content (AvgIpc) is 2.59. The van der Waals surface area contributed by atoms with E-state index in [0.29, 0.717) is 11.8 Å². The van der Waals surface area contributed by atoms with Gasteiger partial charge in [-0.1, -0.05) is 23.7 Å². The molecule has 0 spiro atoms. The zero-order chi connectivity index (χ0) is 21.4. The molecule has 0 aliphatic carbocycles. The summed E-state index contributed by atoms with van der Waals surface area (Å²) in [6.07, 6.45) is 0.564. The molecular weight excluding hydrogens is 364 g/mol. The Balaban J connectivity index is 3.77. The summed E-state index contributed by atoms with van der Waals surface area (Å²) in [6, 6.07) is 1.53. The monoisotopic (exact) mass is 390 g/mol. The van der Waals surface area contributed by atoms with Crippen molar-refractivity contribution < 1.29 is 34.0 Å². The topological polar surface area (TPSA) is 94.5 Å². The van der Waals surface area contributed by atoms with Gasteiger partial charge in [0.05, 0.1) is 16.7 Å². The minimum atomic E-state index is -1.29. The lowest BCUT2D eigenvalue weighted by Gasteiger charge is -2.16. The number of methoxy groups -OCH3 is 2. The van der Waals surface area contributed by atoms with E-state index >= 15 is 0 Å². The van der Waals surface area contributed by atoms with Gasteiger partial charge in [0.15, 0.2) is 19.9 Å². The van der Waals surface area contributed by atoms with Gasteiger partial charge in [0.1, 0.15) is 22.7 Å². The lowest BCUT2D eigenvalue weighted by molar-refractivity contribution is 0.0475. The highest BCUT2D eigenvalue weighted by Gasteiger charge is 2.20. The van der Waals surface area contributed by atoms with E-state index in [0.717, 1.165) is 0 Å². The zero-order valence-electron chi connectivity index (χ0n) is 17.0. The Morgan fingerprint density at radius 2 is 1.50 bits per heavy atom. The smallest absolute Gasteiger partial charge is 0.188 e. The average molecular weight is 390 g/mol. The number of aldehydes is 1. The summed E-state index contributed by atoms with van der Waals surface area (Å²) in [5.41, 5.74) is -1.93. The molecule has 7 nitrogen and oxygen atoms in total. The molecule has 1 rings (SSSR count). The maximum atomic E-state index is 11.9. The van der Waals surface area contributed by atoms with Crippen molar-refractivity contribution in [2.75, 3.05) is 27.8 Å². The van der Waals surface area contributed by atoms with Crippen LogP contribution in [0.4, 0.5) is 0 Å². The summed E-state index contributed by atoms with van der Waals surface area (Å²) in [5.74, 6) is 11.3. The highest BCUT2D eigenvalue weighted by molar-refractivity contribution is 5.87. The highest BCUT2D eigenvalue weighted by Crippen LogP contribution is 2.33. The van der Waals surface area contributed by atoms with Crippen LogP contribution in [0.5, 0.6) is 11.5 Å². The van der Waals surface area contributed by atoms with E-state index in [1.54, 1.807) is 0 Å². The minimum absolute atomic E-state index is 0.0856. The number of carbonyl (C=O) groups excluding carboxylic acids is 1. The van der Waals surface area contributed by atoms with Crippen LogP contribution in [0.1, 0.15) is 49.2 Å². The fourth-order valence-corrected chi connectivity index (χ4v) is 1.94. The van der Waals surface area contributed by atoms with Crippen molar-refractivity contribution in [2.45, 2.75) is 38.9 Å². The molecule has 2 N–H and O–H groups in total. The van der Waals surface area contributed by atoms with Crippen molar-refractivity contribution in [3.63, 3.8) is 0 Å². The maximum absolute atomic E-state index is 11.9. The minimum Gasteiger partial charge on any atom is -0.466 e. The first kappa shape index (κ1) is 23.5. The molecule has 0 fully saturated rings. The second-order valence-electron chi connectivity index (χ2n) is 6.88. The predicted octanol–water partition coefficient (Wildman–Crippen LogP) is 1.71. The Labute approximate surface area is 165 Å². The summed E-state index contributed by atoms with van der Waals surface area (Å²) in [6.45, 7) is 5.87. The molecule has 28 heavy (non-hydrogen) atoms. The predicted molar refractivity (Wildman–Crippen MR) is 103 cm³/mol. The molecule has 0 bridgehead atoms. The third-order valence-electron chi connectivity index (χ3n) is 3.05. The van der Waals surface area contributed by atoms with Gasteiger partial charge < -0.3 is 29.2 Å². The zero-order valence-corrected chi connectivity index (χ0v) is 17.0. The second kappa shape index (κ2) is 10.1. The van der Waals surface area contributed by atoms with Gasteiger partial charge in [0.25, 0.3) is 0 Å². The van der Waals surface area contributed by atoms with Crippen LogP contribution in [0, 0.1) is 23.7 Å².